The highest BCUT2D eigenvalue weighted by molar-refractivity contribution is 5.91. The van der Waals surface area contributed by atoms with Crippen molar-refractivity contribution in [3.63, 3.8) is 0 Å². The fourth-order valence-corrected chi connectivity index (χ4v) is 1.89. The molecule has 0 saturated carbocycles. The lowest BCUT2D eigenvalue weighted by Crippen LogP contribution is -2.56. The lowest BCUT2D eigenvalue weighted by Gasteiger charge is -2.24. The molecule has 3 atom stereocenters. The second-order valence-corrected chi connectivity index (χ2v) is 5.69. The van der Waals surface area contributed by atoms with E-state index < -0.39 is 35.9 Å². The van der Waals surface area contributed by atoms with Crippen LogP contribution in [0.4, 0.5) is 0 Å². The maximum absolute atomic E-state index is 12.1. The van der Waals surface area contributed by atoms with Crippen LogP contribution in [0.15, 0.2) is 12.5 Å². The van der Waals surface area contributed by atoms with Gasteiger partial charge in [-0.05, 0) is 12.8 Å². The van der Waals surface area contributed by atoms with Gasteiger partial charge in [0.15, 0.2) is 0 Å². The molecule has 3 unspecified atom stereocenters. The summed E-state index contributed by atoms with van der Waals surface area (Å²) in [7, 11) is 0. The fraction of sp³-hybridized carbons (Fsp3) is 0.571. The van der Waals surface area contributed by atoms with Gasteiger partial charge in [-0.1, -0.05) is 13.8 Å². The summed E-state index contributed by atoms with van der Waals surface area (Å²) in [5, 5.41) is 13.7. The number of carboxylic acids is 1. The van der Waals surface area contributed by atoms with Gasteiger partial charge in [-0.2, -0.15) is 0 Å². The number of hydrogen-bond acceptors (Lipinski definition) is 5. The Hall–Kier alpha value is -2.42. The van der Waals surface area contributed by atoms with E-state index >= 15 is 0 Å². The number of hydrogen-bond donors (Lipinski definition) is 5. The molecule has 1 rings (SSSR count). The first-order chi connectivity index (χ1) is 10.7. The zero-order valence-electron chi connectivity index (χ0n) is 13.4. The number of aromatic nitrogens is 2. The molecule has 1 heterocycles. The number of nitrogens with one attached hydrogen (secondary N) is 3. The van der Waals surface area contributed by atoms with E-state index in [2.05, 4.69) is 20.6 Å². The van der Waals surface area contributed by atoms with Gasteiger partial charge in [0.05, 0.1) is 12.4 Å². The molecule has 0 aliphatic heterocycles. The van der Waals surface area contributed by atoms with Crippen molar-refractivity contribution in [3.8, 4) is 0 Å². The summed E-state index contributed by atoms with van der Waals surface area (Å²) >= 11 is 0. The summed E-state index contributed by atoms with van der Waals surface area (Å²) in [5.41, 5.74) is 6.53. The van der Waals surface area contributed by atoms with Gasteiger partial charge >= 0.3 is 5.97 Å². The molecule has 23 heavy (non-hydrogen) atoms. The Balaban J connectivity index is 2.65. The van der Waals surface area contributed by atoms with Gasteiger partial charge in [-0.15, -0.1) is 0 Å². The van der Waals surface area contributed by atoms with E-state index in [1.54, 1.807) is 20.0 Å². The van der Waals surface area contributed by atoms with Crippen LogP contribution < -0.4 is 16.4 Å². The van der Waals surface area contributed by atoms with Crippen molar-refractivity contribution in [1.82, 2.24) is 20.6 Å². The highest BCUT2D eigenvalue weighted by atomic mass is 16.4. The number of aliphatic carboxylic acids is 1. The van der Waals surface area contributed by atoms with Crippen LogP contribution in [0, 0.1) is 5.92 Å². The van der Waals surface area contributed by atoms with E-state index in [0.717, 1.165) is 0 Å². The normalized spacial score (nSPS) is 14.8. The minimum Gasteiger partial charge on any atom is -0.480 e. The molecule has 0 radical (unpaired) electrons. The molecule has 0 bridgehead atoms. The molecular formula is C14H23N5O4. The smallest absolute Gasteiger partial charge is 0.325 e. The van der Waals surface area contributed by atoms with Crippen molar-refractivity contribution in [3.05, 3.63) is 18.2 Å². The van der Waals surface area contributed by atoms with Crippen LogP contribution in [-0.4, -0.2) is 51.0 Å². The lowest BCUT2D eigenvalue weighted by molar-refractivity contribution is -0.142. The van der Waals surface area contributed by atoms with Crippen LogP contribution in [0.2, 0.25) is 0 Å². The molecule has 0 spiro atoms. The van der Waals surface area contributed by atoms with E-state index in [4.69, 9.17) is 10.8 Å². The number of carbonyl (C=O) groups is 3. The maximum atomic E-state index is 12.1. The largest absolute Gasteiger partial charge is 0.480 e. The minimum atomic E-state index is -1.15. The SMILES string of the molecule is CC(NC(=O)C(NC(=O)C(N)Cc1cnc[nH]1)C(C)C)C(=O)O. The lowest BCUT2D eigenvalue weighted by atomic mass is 10.0. The average Bonchev–Trinajstić information content (AvgIpc) is 2.96. The van der Waals surface area contributed by atoms with E-state index in [9.17, 15) is 14.4 Å². The van der Waals surface area contributed by atoms with Crippen molar-refractivity contribution in [1.29, 1.82) is 0 Å². The number of aromatic amines is 1. The van der Waals surface area contributed by atoms with Gasteiger partial charge in [0.1, 0.15) is 12.1 Å². The van der Waals surface area contributed by atoms with E-state index in [0.29, 0.717) is 5.69 Å². The van der Waals surface area contributed by atoms with Crippen LogP contribution >= 0.6 is 0 Å². The number of carbonyl (C=O) groups excluding carboxylic acids is 2. The third-order valence-corrected chi connectivity index (χ3v) is 3.31. The zero-order chi connectivity index (χ0) is 17.6. The Bertz CT molecular complexity index is 543. The standard InChI is InChI=1S/C14H23N5O4/c1-7(2)11(13(21)18-8(3)14(22)23)19-12(20)10(15)4-9-5-16-6-17-9/h5-8,10-11H,4,15H2,1-3H3,(H,16,17)(H,18,21)(H,19,20)(H,22,23). The summed E-state index contributed by atoms with van der Waals surface area (Å²) in [6.07, 6.45) is 3.30. The van der Waals surface area contributed by atoms with Gasteiger partial charge in [0.2, 0.25) is 11.8 Å². The quantitative estimate of drug-likeness (QED) is 0.414. The van der Waals surface area contributed by atoms with Crippen LogP contribution in [0.25, 0.3) is 0 Å². The average molecular weight is 325 g/mol. The summed E-state index contributed by atoms with van der Waals surface area (Å²) < 4.78 is 0. The Morgan fingerprint density at radius 2 is 1.91 bits per heavy atom. The Morgan fingerprint density at radius 1 is 1.26 bits per heavy atom. The molecule has 0 saturated heterocycles. The molecule has 0 aliphatic carbocycles. The van der Waals surface area contributed by atoms with Crippen LogP contribution in [0.5, 0.6) is 0 Å². The summed E-state index contributed by atoms with van der Waals surface area (Å²) in [4.78, 5) is 41.8. The van der Waals surface area contributed by atoms with Crippen LogP contribution in [-0.2, 0) is 20.8 Å². The van der Waals surface area contributed by atoms with Crippen molar-refractivity contribution < 1.29 is 19.5 Å². The van der Waals surface area contributed by atoms with Gasteiger partial charge in [-0.3, -0.25) is 14.4 Å². The van der Waals surface area contributed by atoms with Crippen LogP contribution in [0.1, 0.15) is 26.5 Å². The predicted molar refractivity (Wildman–Crippen MR) is 82.3 cm³/mol. The van der Waals surface area contributed by atoms with E-state index in [-0.39, 0.29) is 12.3 Å². The zero-order valence-corrected chi connectivity index (χ0v) is 13.4. The number of carboxylic acid groups (broad SMARTS) is 1. The van der Waals surface area contributed by atoms with Crippen molar-refractivity contribution in [2.45, 2.75) is 45.3 Å². The van der Waals surface area contributed by atoms with Gasteiger partial charge in [0, 0.05) is 18.3 Å². The molecule has 0 fully saturated rings. The molecule has 9 heteroatoms. The monoisotopic (exact) mass is 325 g/mol. The highest BCUT2D eigenvalue weighted by Crippen LogP contribution is 2.04. The Morgan fingerprint density at radius 3 is 2.39 bits per heavy atom. The van der Waals surface area contributed by atoms with Gasteiger partial charge in [-0.25, -0.2) is 4.98 Å². The first kappa shape index (κ1) is 18.6. The molecule has 0 aromatic carbocycles. The number of nitrogens with two attached hydrogens (primary N) is 1. The first-order valence-electron chi connectivity index (χ1n) is 7.28. The Labute approximate surface area is 134 Å². The summed E-state index contributed by atoms with van der Waals surface area (Å²) in [6.45, 7) is 4.84. The second kappa shape index (κ2) is 8.28. The molecule has 1 aromatic rings. The summed E-state index contributed by atoms with van der Waals surface area (Å²) in [6, 6.07) is -2.75. The number of imidazole rings is 1. The molecule has 1 aromatic heterocycles. The van der Waals surface area contributed by atoms with Crippen molar-refractivity contribution in [2.75, 3.05) is 0 Å². The second-order valence-electron chi connectivity index (χ2n) is 5.69. The summed E-state index contributed by atoms with van der Waals surface area (Å²) in [5.74, 6) is -2.42. The number of nitrogens with zero attached hydrogens (tertiary/aromatic N) is 1. The minimum absolute atomic E-state index is 0.223. The number of amides is 2. The van der Waals surface area contributed by atoms with Crippen molar-refractivity contribution in [2.24, 2.45) is 11.7 Å². The maximum Gasteiger partial charge on any atom is 0.325 e. The first-order valence-corrected chi connectivity index (χ1v) is 7.28. The number of rotatable bonds is 8. The Kier molecular flexibility index (Phi) is 6.70. The molecule has 0 aliphatic rings. The van der Waals surface area contributed by atoms with Gasteiger partial charge < -0.3 is 26.5 Å². The molecule has 6 N–H and O–H groups in total. The molecular weight excluding hydrogens is 302 g/mol. The van der Waals surface area contributed by atoms with Gasteiger partial charge in [0.25, 0.3) is 0 Å². The van der Waals surface area contributed by atoms with E-state index in [1.807, 2.05) is 0 Å². The van der Waals surface area contributed by atoms with E-state index in [1.165, 1.54) is 13.3 Å². The molecule has 128 valence electrons. The molecule has 2 amide bonds. The van der Waals surface area contributed by atoms with Crippen molar-refractivity contribution >= 4 is 17.8 Å². The molecule has 9 nitrogen and oxygen atoms in total. The number of H-pyrrole nitrogens is 1. The topological polar surface area (TPSA) is 150 Å². The predicted octanol–water partition coefficient (Wildman–Crippen LogP) is -0.990. The third-order valence-electron chi connectivity index (χ3n) is 3.31. The highest BCUT2D eigenvalue weighted by Gasteiger charge is 2.28. The fourth-order valence-electron chi connectivity index (χ4n) is 1.89. The third kappa shape index (κ3) is 5.70. The van der Waals surface area contributed by atoms with Crippen LogP contribution in [0.3, 0.4) is 0 Å².